The van der Waals surface area contributed by atoms with Crippen LogP contribution < -0.4 is 5.32 Å². The van der Waals surface area contributed by atoms with Gasteiger partial charge in [0.1, 0.15) is 0 Å². The van der Waals surface area contributed by atoms with E-state index in [1.807, 2.05) is 11.9 Å². The first-order valence-corrected chi connectivity index (χ1v) is 11.4. The molecule has 0 spiro atoms. The van der Waals surface area contributed by atoms with E-state index in [9.17, 15) is 4.79 Å². The van der Waals surface area contributed by atoms with E-state index in [0.717, 1.165) is 90.8 Å². The van der Waals surface area contributed by atoms with Gasteiger partial charge in [0.05, 0.1) is 6.04 Å². The van der Waals surface area contributed by atoms with Crippen LogP contribution in [0.25, 0.3) is 0 Å². The van der Waals surface area contributed by atoms with Gasteiger partial charge >= 0.3 is 0 Å². The van der Waals surface area contributed by atoms with Crippen molar-refractivity contribution in [3.05, 3.63) is 0 Å². The van der Waals surface area contributed by atoms with Crippen molar-refractivity contribution in [2.75, 3.05) is 86.1 Å². The Morgan fingerprint density at radius 1 is 0.862 bits per heavy atom. The van der Waals surface area contributed by atoms with Gasteiger partial charge in [-0.1, -0.05) is 0 Å². The highest BCUT2D eigenvalue weighted by Gasteiger charge is 2.30. The zero-order valence-corrected chi connectivity index (χ0v) is 18.9. The fourth-order valence-corrected chi connectivity index (χ4v) is 4.64. The number of hydrogen-bond acceptors (Lipinski definition) is 5. The monoisotopic (exact) mass is 407 g/mol. The van der Waals surface area contributed by atoms with Crippen LogP contribution in [-0.4, -0.2) is 135 Å². The Labute approximate surface area is 176 Å². The lowest BCUT2D eigenvalue weighted by atomic mass is 10.2. The number of likely N-dealkylation sites (N-methyl/N-ethyl adjacent to an activating group) is 1. The molecule has 3 heterocycles. The van der Waals surface area contributed by atoms with E-state index < -0.39 is 0 Å². The maximum atomic E-state index is 12.7. The number of carbonyl (C=O) groups excluding carboxylic acids is 1. The third-order valence-corrected chi connectivity index (χ3v) is 6.87. The molecule has 8 nitrogen and oxygen atoms in total. The molecule has 3 fully saturated rings. The first-order valence-electron chi connectivity index (χ1n) is 11.4. The molecular formula is C21H41N7O. The highest BCUT2D eigenvalue weighted by atomic mass is 16.2. The first kappa shape index (κ1) is 22.3. The second-order valence-corrected chi connectivity index (χ2v) is 8.85. The number of amides is 1. The normalized spacial score (nSPS) is 25.3. The molecule has 0 bridgehead atoms. The molecule has 1 amide bonds. The summed E-state index contributed by atoms with van der Waals surface area (Å²) in [6.07, 6.45) is 2.31. The molecule has 2 unspecified atom stereocenters. The van der Waals surface area contributed by atoms with E-state index >= 15 is 0 Å². The number of hydrogen-bond donors (Lipinski definition) is 1. The second kappa shape index (κ2) is 10.6. The standard InChI is InChI=1S/C21H41N7O/c1-18(25-11-9-24(4)10-12-25)17-23-21(22-3)28-15-13-26(14-16-28)19(2)20(29)27-7-5-6-8-27/h18-19H,5-17H2,1-4H3,(H,22,23). The number of nitrogens with one attached hydrogen (secondary N) is 1. The number of carbonyl (C=O) groups is 1. The van der Waals surface area contributed by atoms with Crippen LogP contribution in [0, 0.1) is 0 Å². The summed E-state index contributed by atoms with van der Waals surface area (Å²) in [5.74, 6) is 1.30. The van der Waals surface area contributed by atoms with Crippen molar-refractivity contribution in [2.24, 2.45) is 4.99 Å². The van der Waals surface area contributed by atoms with Crippen molar-refractivity contribution in [1.82, 2.24) is 29.8 Å². The second-order valence-electron chi connectivity index (χ2n) is 8.85. The Morgan fingerprint density at radius 3 is 2.03 bits per heavy atom. The van der Waals surface area contributed by atoms with Crippen LogP contribution in [-0.2, 0) is 4.79 Å². The Morgan fingerprint density at radius 2 is 1.45 bits per heavy atom. The maximum absolute atomic E-state index is 12.7. The zero-order valence-electron chi connectivity index (χ0n) is 18.9. The van der Waals surface area contributed by atoms with Crippen LogP contribution in [0.5, 0.6) is 0 Å². The van der Waals surface area contributed by atoms with Crippen molar-refractivity contribution < 1.29 is 4.79 Å². The molecular weight excluding hydrogens is 366 g/mol. The fraction of sp³-hybridized carbons (Fsp3) is 0.905. The molecule has 3 saturated heterocycles. The predicted octanol–water partition coefficient (Wildman–Crippen LogP) is -0.174. The molecule has 29 heavy (non-hydrogen) atoms. The van der Waals surface area contributed by atoms with E-state index in [1.54, 1.807) is 0 Å². The van der Waals surface area contributed by atoms with Crippen LogP contribution in [0.3, 0.4) is 0 Å². The smallest absolute Gasteiger partial charge is 0.239 e. The van der Waals surface area contributed by atoms with Crippen LogP contribution in [0.1, 0.15) is 26.7 Å². The van der Waals surface area contributed by atoms with Gasteiger partial charge < -0.3 is 20.0 Å². The Balaban J connectivity index is 1.42. The van der Waals surface area contributed by atoms with Gasteiger partial charge in [0.25, 0.3) is 0 Å². The predicted molar refractivity (Wildman–Crippen MR) is 118 cm³/mol. The molecule has 0 aromatic rings. The largest absolute Gasteiger partial charge is 0.355 e. The molecule has 0 radical (unpaired) electrons. The summed E-state index contributed by atoms with van der Waals surface area (Å²) in [5.41, 5.74) is 0. The average Bonchev–Trinajstić information content (AvgIpc) is 3.29. The third-order valence-electron chi connectivity index (χ3n) is 6.87. The van der Waals surface area contributed by atoms with E-state index in [2.05, 4.69) is 50.8 Å². The fourth-order valence-electron chi connectivity index (χ4n) is 4.64. The van der Waals surface area contributed by atoms with Gasteiger partial charge in [0.2, 0.25) is 5.91 Å². The van der Waals surface area contributed by atoms with Crippen molar-refractivity contribution in [3.63, 3.8) is 0 Å². The molecule has 0 saturated carbocycles. The molecule has 3 rings (SSSR count). The molecule has 0 aromatic heterocycles. The minimum Gasteiger partial charge on any atom is -0.355 e. The van der Waals surface area contributed by atoms with Gasteiger partial charge in [-0.2, -0.15) is 0 Å². The Bertz CT molecular complexity index is 547. The van der Waals surface area contributed by atoms with Crippen molar-refractivity contribution in [3.8, 4) is 0 Å². The lowest BCUT2D eigenvalue weighted by Gasteiger charge is -2.40. The summed E-state index contributed by atoms with van der Waals surface area (Å²) in [6, 6.07) is 0.488. The molecule has 166 valence electrons. The summed E-state index contributed by atoms with van der Waals surface area (Å²) in [7, 11) is 4.07. The van der Waals surface area contributed by atoms with Crippen molar-refractivity contribution in [1.29, 1.82) is 0 Å². The highest BCUT2D eigenvalue weighted by Crippen LogP contribution is 2.14. The quantitative estimate of drug-likeness (QED) is 0.504. The minimum atomic E-state index is -0.0116. The van der Waals surface area contributed by atoms with Crippen LogP contribution >= 0.6 is 0 Å². The first-order chi connectivity index (χ1) is 14.0. The zero-order chi connectivity index (χ0) is 20.8. The summed E-state index contributed by atoms with van der Waals surface area (Å²) in [4.78, 5) is 28.9. The van der Waals surface area contributed by atoms with Gasteiger partial charge in [-0.3, -0.25) is 19.6 Å². The molecule has 3 aliphatic heterocycles. The van der Waals surface area contributed by atoms with Gasteiger partial charge in [-0.15, -0.1) is 0 Å². The lowest BCUT2D eigenvalue weighted by molar-refractivity contribution is -0.135. The molecule has 2 atom stereocenters. The SMILES string of the molecule is CN=C(NCC(C)N1CCN(C)CC1)N1CCN(C(C)C(=O)N2CCCC2)CC1. The molecule has 1 N–H and O–H groups in total. The van der Waals surface area contributed by atoms with Gasteiger partial charge in [0, 0.05) is 85.1 Å². The average molecular weight is 408 g/mol. The number of rotatable bonds is 5. The summed E-state index contributed by atoms with van der Waals surface area (Å²) in [6.45, 7) is 15.4. The molecule has 3 aliphatic rings. The van der Waals surface area contributed by atoms with Crippen molar-refractivity contribution >= 4 is 11.9 Å². The number of nitrogens with zero attached hydrogens (tertiary/aromatic N) is 6. The van der Waals surface area contributed by atoms with Crippen LogP contribution in [0.2, 0.25) is 0 Å². The highest BCUT2D eigenvalue weighted by molar-refractivity contribution is 5.82. The van der Waals surface area contributed by atoms with Gasteiger partial charge in [-0.25, -0.2) is 0 Å². The topological polar surface area (TPSA) is 57.7 Å². The number of piperazine rings is 2. The maximum Gasteiger partial charge on any atom is 0.239 e. The number of guanidine groups is 1. The van der Waals surface area contributed by atoms with Crippen molar-refractivity contribution in [2.45, 2.75) is 38.8 Å². The van der Waals surface area contributed by atoms with E-state index in [-0.39, 0.29) is 6.04 Å². The van der Waals surface area contributed by atoms with E-state index in [0.29, 0.717) is 11.9 Å². The van der Waals surface area contributed by atoms with E-state index in [4.69, 9.17) is 0 Å². The summed E-state index contributed by atoms with van der Waals surface area (Å²) >= 11 is 0. The van der Waals surface area contributed by atoms with Crippen LogP contribution in [0.15, 0.2) is 4.99 Å². The summed E-state index contributed by atoms with van der Waals surface area (Å²) < 4.78 is 0. The lowest BCUT2D eigenvalue weighted by Crippen LogP contribution is -2.58. The Kier molecular flexibility index (Phi) is 8.15. The molecule has 0 aromatic carbocycles. The Hall–Kier alpha value is -1.38. The third kappa shape index (κ3) is 5.83. The molecule has 8 heteroatoms. The number of likely N-dealkylation sites (tertiary alicyclic amines) is 1. The van der Waals surface area contributed by atoms with E-state index in [1.165, 1.54) is 0 Å². The van der Waals surface area contributed by atoms with Gasteiger partial charge in [-0.05, 0) is 33.7 Å². The summed E-state index contributed by atoms with van der Waals surface area (Å²) in [5, 5.41) is 3.59. The van der Waals surface area contributed by atoms with Gasteiger partial charge in [0.15, 0.2) is 5.96 Å². The van der Waals surface area contributed by atoms with Crippen LogP contribution in [0.4, 0.5) is 0 Å². The molecule has 0 aliphatic carbocycles. The minimum absolute atomic E-state index is 0.0116. The number of aliphatic imine (C=N–C) groups is 1.